The molecule has 1 heterocycles. The molecule has 4 heteroatoms. The lowest BCUT2D eigenvalue weighted by molar-refractivity contribution is 0.129. The highest BCUT2D eigenvalue weighted by molar-refractivity contribution is 5.70. The van der Waals surface area contributed by atoms with Gasteiger partial charge in [0.15, 0.2) is 0 Å². The van der Waals surface area contributed by atoms with Crippen LogP contribution < -0.4 is 9.47 Å². The lowest BCUT2D eigenvalue weighted by Gasteiger charge is -2.31. The smallest absolute Gasteiger partial charge is 0.415 e. The first-order chi connectivity index (χ1) is 12.2. The summed E-state index contributed by atoms with van der Waals surface area (Å²) in [6.07, 6.45) is 4.37. The Bertz CT molecular complexity index is 661. The van der Waals surface area contributed by atoms with Crippen molar-refractivity contribution >= 4 is 6.09 Å². The zero-order chi connectivity index (χ0) is 17.5. The lowest BCUT2D eigenvalue weighted by Crippen LogP contribution is -2.40. The van der Waals surface area contributed by atoms with Gasteiger partial charge in [-0.15, -0.1) is 0 Å². The fourth-order valence-electron chi connectivity index (χ4n) is 3.18. The van der Waals surface area contributed by atoms with Gasteiger partial charge < -0.3 is 14.4 Å². The molecule has 4 nitrogen and oxygen atoms in total. The Labute approximate surface area is 149 Å². The predicted octanol–water partition coefficient (Wildman–Crippen LogP) is 5.49. The Morgan fingerprint density at radius 1 is 0.960 bits per heavy atom. The van der Waals surface area contributed by atoms with Crippen molar-refractivity contribution in [2.24, 2.45) is 5.92 Å². The van der Waals surface area contributed by atoms with E-state index in [4.69, 9.17) is 9.47 Å². The molecule has 0 bridgehead atoms. The SMILES string of the molecule is CCCC1CCN(C(=O)Oc2ccc(Oc3ccccc3)cc2)CC1. The van der Waals surface area contributed by atoms with Crippen molar-refractivity contribution in [1.82, 2.24) is 4.90 Å². The van der Waals surface area contributed by atoms with Gasteiger partial charge in [0.05, 0.1) is 0 Å². The summed E-state index contributed by atoms with van der Waals surface area (Å²) in [6.45, 7) is 3.79. The molecule has 0 atom stereocenters. The van der Waals surface area contributed by atoms with Crippen LogP contribution in [0, 0.1) is 5.92 Å². The van der Waals surface area contributed by atoms with Crippen molar-refractivity contribution in [1.29, 1.82) is 0 Å². The van der Waals surface area contributed by atoms with Gasteiger partial charge in [-0.05, 0) is 55.2 Å². The minimum atomic E-state index is -0.258. The van der Waals surface area contributed by atoms with Crippen molar-refractivity contribution in [2.75, 3.05) is 13.1 Å². The maximum Gasteiger partial charge on any atom is 0.415 e. The van der Waals surface area contributed by atoms with E-state index >= 15 is 0 Å². The molecule has 25 heavy (non-hydrogen) atoms. The van der Waals surface area contributed by atoms with Crippen LogP contribution in [0.3, 0.4) is 0 Å². The highest BCUT2D eigenvalue weighted by Crippen LogP contribution is 2.25. The number of nitrogens with zero attached hydrogens (tertiary/aromatic N) is 1. The van der Waals surface area contributed by atoms with Gasteiger partial charge in [-0.2, -0.15) is 0 Å². The summed E-state index contributed by atoms with van der Waals surface area (Å²) in [5.41, 5.74) is 0. The molecule has 0 aliphatic carbocycles. The summed E-state index contributed by atoms with van der Waals surface area (Å²) in [5.74, 6) is 2.79. The second-order valence-corrected chi connectivity index (χ2v) is 6.47. The van der Waals surface area contributed by atoms with E-state index in [2.05, 4.69) is 6.92 Å². The van der Waals surface area contributed by atoms with Crippen LogP contribution in [0.15, 0.2) is 54.6 Å². The standard InChI is InChI=1S/C21H25NO3/c1-2-6-17-13-15-22(16-14-17)21(23)25-20-11-9-19(10-12-20)24-18-7-4-3-5-8-18/h3-5,7-12,17H,2,6,13-16H2,1H3. The average Bonchev–Trinajstić information content (AvgIpc) is 2.65. The van der Waals surface area contributed by atoms with E-state index in [0.717, 1.165) is 37.6 Å². The molecule has 0 saturated carbocycles. The average molecular weight is 339 g/mol. The number of rotatable bonds is 5. The van der Waals surface area contributed by atoms with Crippen LogP contribution in [0.1, 0.15) is 32.6 Å². The molecule has 1 fully saturated rings. The summed E-state index contributed by atoms with van der Waals surface area (Å²) >= 11 is 0. The van der Waals surface area contributed by atoms with Gasteiger partial charge in [0.2, 0.25) is 0 Å². The molecule has 2 aromatic carbocycles. The van der Waals surface area contributed by atoms with Crippen LogP contribution in [-0.2, 0) is 0 Å². The number of carbonyl (C=O) groups is 1. The number of hydrogen-bond acceptors (Lipinski definition) is 3. The fourth-order valence-corrected chi connectivity index (χ4v) is 3.18. The van der Waals surface area contributed by atoms with E-state index in [9.17, 15) is 4.79 Å². The molecule has 1 amide bonds. The number of hydrogen-bond donors (Lipinski definition) is 0. The highest BCUT2D eigenvalue weighted by atomic mass is 16.6. The third-order valence-electron chi connectivity index (χ3n) is 4.58. The minimum Gasteiger partial charge on any atom is -0.457 e. The van der Waals surface area contributed by atoms with E-state index in [1.165, 1.54) is 12.8 Å². The molecular weight excluding hydrogens is 314 g/mol. The summed E-state index contributed by atoms with van der Waals surface area (Å²) < 4.78 is 11.2. The Balaban J connectivity index is 1.50. The minimum absolute atomic E-state index is 0.258. The second-order valence-electron chi connectivity index (χ2n) is 6.47. The Hall–Kier alpha value is -2.49. The van der Waals surface area contributed by atoms with E-state index in [1.54, 1.807) is 17.0 Å². The molecule has 0 unspecified atom stereocenters. The third-order valence-corrected chi connectivity index (χ3v) is 4.58. The molecule has 0 N–H and O–H groups in total. The van der Waals surface area contributed by atoms with Crippen molar-refractivity contribution < 1.29 is 14.3 Å². The largest absolute Gasteiger partial charge is 0.457 e. The van der Waals surface area contributed by atoms with E-state index in [0.29, 0.717) is 11.5 Å². The first-order valence-electron chi connectivity index (χ1n) is 9.04. The van der Waals surface area contributed by atoms with E-state index < -0.39 is 0 Å². The first-order valence-corrected chi connectivity index (χ1v) is 9.04. The molecule has 132 valence electrons. The molecular formula is C21H25NO3. The molecule has 3 rings (SSSR count). The molecule has 1 aliphatic rings. The van der Waals surface area contributed by atoms with Gasteiger partial charge in [-0.1, -0.05) is 38.0 Å². The zero-order valence-corrected chi connectivity index (χ0v) is 14.7. The number of para-hydroxylation sites is 1. The number of amides is 1. The summed E-state index contributed by atoms with van der Waals surface area (Å²) in [6, 6.07) is 16.7. The Morgan fingerprint density at radius 2 is 1.56 bits per heavy atom. The van der Waals surface area contributed by atoms with Crippen molar-refractivity contribution in [3.63, 3.8) is 0 Å². The Morgan fingerprint density at radius 3 is 2.20 bits per heavy atom. The third kappa shape index (κ3) is 4.99. The van der Waals surface area contributed by atoms with Gasteiger partial charge >= 0.3 is 6.09 Å². The van der Waals surface area contributed by atoms with Gasteiger partial charge in [-0.25, -0.2) is 4.79 Å². The van der Waals surface area contributed by atoms with Crippen LogP contribution in [-0.4, -0.2) is 24.1 Å². The van der Waals surface area contributed by atoms with Crippen molar-refractivity contribution in [2.45, 2.75) is 32.6 Å². The highest BCUT2D eigenvalue weighted by Gasteiger charge is 2.23. The lowest BCUT2D eigenvalue weighted by atomic mass is 9.93. The summed E-state index contributed by atoms with van der Waals surface area (Å²) in [4.78, 5) is 14.1. The van der Waals surface area contributed by atoms with Crippen LogP contribution in [0.25, 0.3) is 0 Å². The van der Waals surface area contributed by atoms with Gasteiger partial charge in [0.1, 0.15) is 17.2 Å². The number of likely N-dealkylation sites (tertiary alicyclic amines) is 1. The molecule has 0 radical (unpaired) electrons. The van der Waals surface area contributed by atoms with Crippen LogP contribution in [0.2, 0.25) is 0 Å². The monoisotopic (exact) mass is 339 g/mol. The van der Waals surface area contributed by atoms with Crippen LogP contribution in [0.5, 0.6) is 17.2 Å². The number of ether oxygens (including phenoxy) is 2. The van der Waals surface area contributed by atoms with E-state index in [1.807, 2.05) is 42.5 Å². The fraction of sp³-hybridized carbons (Fsp3) is 0.381. The molecule has 0 spiro atoms. The quantitative estimate of drug-likeness (QED) is 0.723. The van der Waals surface area contributed by atoms with Crippen molar-refractivity contribution in [3.8, 4) is 17.2 Å². The molecule has 0 aromatic heterocycles. The number of carbonyl (C=O) groups excluding carboxylic acids is 1. The zero-order valence-electron chi connectivity index (χ0n) is 14.7. The number of benzene rings is 2. The topological polar surface area (TPSA) is 38.8 Å². The van der Waals surface area contributed by atoms with Gasteiger partial charge in [0.25, 0.3) is 0 Å². The number of piperidine rings is 1. The van der Waals surface area contributed by atoms with Gasteiger partial charge in [-0.3, -0.25) is 0 Å². The second kappa shape index (κ2) is 8.56. The van der Waals surface area contributed by atoms with Crippen molar-refractivity contribution in [3.05, 3.63) is 54.6 Å². The van der Waals surface area contributed by atoms with Gasteiger partial charge in [0, 0.05) is 13.1 Å². The summed E-state index contributed by atoms with van der Waals surface area (Å²) in [5, 5.41) is 0. The predicted molar refractivity (Wildman–Crippen MR) is 98.2 cm³/mol. The van der Waals surface area contributed by atoms with E-state index in [-0.39, 0.29) is 6.09 Å². The molecule has 1 saturated heterocycles. The van der Waals surface area contributed by atoms with Crippen LogP contribution >= 0.6 is 0 Å². The molecule has 1 aliphatic heterocycles. The maximum absolute atomic E-state index is 12.3. The molecule has 2 aromatic rings. The maximum atomic E-state index is 12.3. The normalized spacial score (nSPS) is 15.0. The summed E-state index contributed by atoms with van der Waals surface area (Å²) in [7, 11) is 0. The van der Waals surface area contributed by atoms with Crippen LogP contribution in [0.4, 0.5) is 4.79 Å². The first kappa shape index (κ1) is 17.3. The Kier molecular flexibility index (Phi) is 5.94.